The van der Waals surface area contributed by atoms with Gasteiger partial charge in [-0.25, -0.2) is 0 Å². The summed E-state index contributed by atoms with van der Waals surface area (Å²) in [4.78, 5) is 20.6. The van der Waals surface area contributed by atoms with E-state index in [1.807, 2.05) is 0 Å². The van der Waals surface area contributed by atoms with Crippen molar-refractivity contribution in [1.29, 1.82) is 5.26 Å². The average Bonchev–Trinajstić information content (AvgIpc) is 2.37. The fourth-order valence-corrected chi connectivity index (χ4v) is 2.39. The van der Waals surface area contributed by atoms with E-state index in [-0.39, 0.29) is 12.2 Å². The molecule has 0 atom stereocenters. The molecular formula is C12H9F3N2O4S. The van der Waals surface area contributed by atoms with Gasteiger partial charge in [0.1, 0.15) is 11.0 Å². The Bertz CT molecular complexity index is 640. The molecule has 0 radical (unpaired) electrons. The van der Waals surface area contributed by atoms with Crippen LogP contribution in [0.2, 0.25) is 0 Å². The van der Waals surface area contributed by atoms with Crippen LogP contribution in [-0.2, 0) is 16.0 Å². The summed E-state index contributed by atoms with van der Waals surface area (Å²) in [7, 11) is 0. The van der Waals surface area contributed by atoms with E-state index in [0.717, 1.165) is 12.1 Å². The number of hydrogen-bond donors (Lipinski definition) is 0. The molecule has 0 N–H and O–H groups in total. The molecule has 0 saturated heterocycles. The monoisotopic (exact) mass is 334 g/mol. The number of alkyl halides is 3. The Morgan fingerprint density at radius 2 is 2.14 bits per heavy atom. The Hall–Kier alpha value is -2.28. The van der Waals surface area contributed by atoms with E-state index in [4.69, 9.17) is 5.26 Å². The number of hydrogen-bond acceptors (Lipinski definition) is 6. The maximum Gasteiger partial charge on any atom is 0.446 e. The normalized spacial score (nSPS) is 10.9. The van der Waals surface area contributed by atoms with Gasteiger partial charge in [0.05, 0.1) is 23.5 Å². The van der Waals surface area contributed by atoms with Crippen LogP contribution in [-0.4, -0.2) is 23.0 Å². The highest BCUT2D eigenvalue weighted by molar-refractivity contribution is 8.00. The first-order valence-corrected chi connectivity index (χ1v) is 6.63. The first kappa shape index (κ1) is 17.8. The topological polar surface area (TPSA) is 93.2 Å². The van der Waals surface area contributed by atoms with Crippen molar-refractivity contribution in [2.24, 2.45) is 0 Å². The number of esters is 1. The first-order chi connectivity index (χ1) is 10.2. The second-order valence-electron chi connectivity index (χ2n) is 3.85. The Kier molecular flexibility index (Phi) is 5.76. The van der Waals surface area contributed by atoms with Crippen LogP contribution >= 0.6 is 11.8 Å². The van der Waals surface area contributed by atoms with Crippen molar-refractivity contribution in [1.82, 2.24) is 0 Å². The van der Waals surface area contributed by atoms with E-state index in [9.17, 15) is 28.1 Å². The summed E-state index contributed by atoms with van der Waals surface area (Å²) in [5.41, 5.74) is -6.44. The van der Waals surface area contributed by atoms with Gasteiger partial charge in [-0.1, -0.05) is 6.07 Å². The van der Waals surface area contributed by atoms with Crippen LogP contribution in [0.25, 0.3) is 0 Å². The molecule has 22 heavy (non-hydrogen) atoms. The summed E-state index contributed by atoms with van der Waals surface area (Å²) < 4.78 is 42.3. The Morgan fingerprint density at radius 3 is 2.59 bits per heavy atom. The van der Waals surface area contributed by atoms with Gasteiger partial charge in [-0.2, -0.15) is 18.4 Å². The quantitative estimate of drug-likeness (QED) is 0.355. The molecule has 0 amide bonds. The molecule has 10 heteroatoms. The molecule has 1 rings (SSSR count). The first-order valence-electron chi connectivity index (χ1n) is 5.81. The summed E-state index contributed by atoms with van der Waals surface area (Å²) in [6.07, 6.45) is -0.554. The van der Waals surface area contributed by atoms with Crippen molar-refractivity contribution < 1.29 is 27.6 Å². The predicted molar refractivity (Wildman–Crippen MR) is 70.1 cm³/mol. The van der Waals surface area contributed by atoms with Crippen molar-refractivity contribution in [2.45, 2.75) is 23.7 Å². The molecule has 0 saturated carbocycles. The lowest BCUT2D eigenvalue weighted by molar-refractivity contribution is -0.388. The van der Waals surface area contributed by atoms with Gasteiger partial charge in [0.2, 0.25) is 0 Å². The number of ether oxygens (including phenoxy) is 1. The SMILES string of the molecule is CCOC(=O)Cc1ccc(C#N)c(SC(F)(F)F)c1[N+](=O)[O-]. The highest BCUT2D eigenvalue weighted by atomic mass is 32.2. The van der Waals surface area contributed by atoms with Crippen molar-refractivity contribution in [3.63, 3.8) is 0 Å². The zero-order chi connectivity index (χ0) is 16.9. The van der Waals surface area contributed by atoms with E-state index in [2.05, 4.69) is 4.74 Å². The Labute approximate surface area is 127 Å². The highest BCUT2D eigenvalue weighted by Gasteiger charge is 2.36. The van der Waals surface area contributed by atoms with Crippen LogP contribution < -0.4 is 0 Å². The second-order valence-corrected chi connectivity index (χ2v) is 4.92. The molecule has 0 aromatic heterocycles. The molecule has 1 aromatic carbocycles. The van der Waals surface area contributed by atoms with Gasteiger partial charge in [-0.15, -0.1) is 0 Å². The number of carbonyl (C=O) groups excluding carboxylic acids is 1. The summed E-state index contributed by atoms with van der Waals surface area (Å²) in [5.74, 6) is -0.807. The van der Waals surface area contributed by atoms with Crippen LogP contribution in [0.4, 0.5) is 18.9 Å². The van der Waals surface area contributed by atoms with Crippen LogP contribution in [0, 0.1) is 21.4 Å². The fourth-order valence-electron chi connectivity index (χ4n) is 1.63. The molecule has 6 nitrogen and oxygen atoms in total. The largest absolute Gasteiger partial charge is 0.466 e. The third-order valence-electron chi connectivity index (χ3n) is 2.38. The van der Waals surface area contributed by atoms with Crippen LogP contribution in [0.1, 0.15) is 18.1 Å². The predicted octanol–water partition coefficient (Wildman–Crippen LogP) is 3.18. The van der Waals surface area contributed by atoms with Gasteiger partial charge >= 0.3 is 11.5 Å². The number of nitriles is 1. The number of benzene rings is 1. The average molecular weight is 334 g/mol. The molecule has 0 bridgehead atoms. The lowest BCUT2D eigenvalue weighted by Crippen LogP contribution is -2.11. The third-order valence-corrected chi connectivity index (χ3v) is 3.22. The summed E-state index contributed by atoms with van der Waals surface area (Å²) in [5, 5.41) is 19.9. The maximum absolute atomic E-state index is 12.6. The molecule has 1 aromatic rings. The zero-order valence-corrected chi connectivity index (χ0v) is 12.0. The fraction of sp³-hybridized carbons (Fsp3) is 0.333. The standard InChI is InChI=1S/C12H9F3N2O4S/c1-2-21-9(18)5-7-3-4-8(6-16)11(10(7)17(19)20)22-12(13,14)15/h3-4H,2,5H2,1H3. The molecule has 0 fully saturated rings. The minimum absolute atomic E-state index is 0.0348. The lowest BCUT2D eigenvalue weighted by atomic mass is 10.1. The highest BCUT2D eigenvalue weighted by Crippen LogP contribution is 2.44. The van der Waals surface area contributed by atoms with Crippen molar-refractivity contribution in [3.05, 3.63) is 33.4 Å². The molecule has 0 unspecified atom stereocenters. The van der Waals surface area contributed by atoms with E-state index < -0.39 is 50.7 Å². The van der Waals surface area contributed by atoms with Crippen molar-refractivity contribution in [3.8, 4) is 6.07 Å². The van der Waals surface area contributed by atoms with Gasteiger partial charge < -0.3 is 4.74 Å². The number of nitro groups is 1. The van der Waals surface area contributed by atoms with Crippen LogP contribution in [0.3, 0.4) is 0 Å². The molecule has 0 aliphatic carbocycles. The van der Waals surface area contributed by atoms with E-state index in [0.29, 0.717) is 0 Å². The third kappa shape index (κ3) is 4.63. The van der Waals surface area contributed by atoms with Crippen molar-refractivity contribution >= 4 is 23.4 Å². The molecule has 0 spiro atoms. The molecule has 0 aliphatic rings. The number of carbonyl (C=O) groups is 1. The number of rotatable bonds is 5. The molecular weight excluding hydrogens is 325 g/mol. The minimum Gasteiger partial charge on any atom is -0.466 e. The zero-order valence-electron chi connectivity index (χ0n) is 11.1. The Balaban J connectivity index is 3.41. The van der Waals surface area contributed by atoms with Gasteiger partial charge in [0.15, 0.2) is 0 Å². The number of nitro benzene ring substituents is 1. The molecule has 0 aliphatic heterocycles. The molecule has 0 heterocycles. The Morgan fingerprint density at radius 1 is 1.50 bits per heavy atom. The minimum atomic E-state index is -4.81. The van der Waals surface area contributed by atoms with E-state index >= 15 is 0 Å². The number of halogens is 3. The van der Waals surface area contributed by atoms with Crippen LogP contribution in [0.5, 0.6) is 0 Å². The molecule has 118 valence electrons. The summed E-state index contributed by atoms with van der Waals surface area (Å²) >= 11 is -0.755. The van der Waals surface area contributed by atoms with Gasteiger partial charge in [0, 0.05) is 5.56 Å². The van der Waals surface area contributed by atoms with Gasteiger partial charge in [-0.05, 0) is 24.8 Å². The van der Waals surface area contributed by atoms with E-state index in [1.165, 1.54) is 13.0 Å². The lowest BCUT2D eigenvalue weighted by Gasteiger charge is -2.11. The second kappa shape index (κ2) is 7.13. The number of thioether (sulfide) groups is 1. The van der Waals surface area contributed by atoms with Gasteiger partial charge in [-0.3, -0.25) is 14.9 Å². The van der Waals surface area contributed by atoms with Crippen molar-refractivity contribution in [2.75, 3.05) is 6.61 Å². The van der Waals surface area contributed by atoms with E-state index in [1.54, 1.807) is 0 Å². The van der Waals surface area contributed by atoms with Gasteiger partial charge in [0.25, 0.3) is 5.69 Å². The smallest absolute Gasteiger partial charge is 0.446 e. The summed E-state index contributed by atoms with van der Waals surface area (Å²) in [6, 6.07) is 3.56. The number of nitrogens with zero attached hydrogens (tertiary/aromatic N) is 2. The summed E-state index contributed by atoms with van der Waals surface area (Å²) in [6.45, 7) is 1.56. The maximum atomic E-state index is 12.6. The van der Waals surface area contributed by atoms with Crippen LogP contribution in [0.15, 0.2) is 17.0 Å².